The Kier molecular flexibility index (Phi) is 6.06. The summed E-state index contributed by atoms with van der Waals surface area (Å²) in [6.45, 7) is 6.09. The van der Waals surface area contributed by atoms with Crippen LogP contribution in [-0.2, 0) is 6.54 Å². The van der Waals surface area contributed by atoms with Crippen LogP contribution < -0.4 is 5.32 Å². The van der Waals surface area contributed by atoms with Gasteiger partial charge in [-0.2, -0.15) is 0 Å². The molecule has 1 atom stereocenters. The van der Waals surface area contributed by atoms with Gasteiger partial charge in [0, 0.05) is 38.8 Å². The number of piperazine rings is 1. The Morgan fingerprint density at radius 3 is 2.60 bits per heavy atom. The quantitative estimate of drug-likeness (QED) is 0.876. The second kappa shape index (κ2) is 8.67. The minimum atomic E-state index is 0.0309. The fraction of sp³-hybridized carbons (Fsp3) is 0.474. The molecule has 0 spiro atoms. The highest BCUT2D eigenvalue weighted by atomic mass is 16.5. The largest absolute Gasteiger partial charge is 0.364 e. The predicted molar refractivity (Wildman–Crippen MR) is 96.0 cm³/mol. The molecule has 1 aromatic heterocycles. The van der Waals surface area contributed by atoms with E-state index in [4.69, 9.17) is 4.52 Å². The zero-order valence-electron chi connectivity index (χ0n) is 14.7. The van der Waals surface area contributed by atoms with E-state index in [1.807, 2.05) is 29.2 Å². The second-order valence-electron chi connectivity index (χ2n) is 6.46. The summed E-state index contributed by atoms with van der Waals surface area (Å²) < 4.78 is 4.87. The van der Waals surface area contributed by atoms with Gasteiger partial charge in [-0.25, -0.2) is 4.79 Å². The van der Waals surface area contributed by atoms with E-state index < -0.39 is 0 Å². The Hall–Kier alpha value is -2.34. The third-order valence-corrected chi connectivity index (χ3v) is 4.61. The summed E-state index contributed by atoms with van der Waals surface area (Å²) in [4.78, 5) is 16.9. The van der Waals surface area contributed by atoms with Gasteiger partial charge in [0.15, 0.2) is 0 Å². The molecule has 25 heavy (non-hydrogen) atoms. The van der Waals surface area contributed by atoms with Crippen LogP contribution in [0.2, 0.25) is 0 Å². The molecule has 134 valence electrons. The Bertz CT molecular complexity index is 637. The summed E-state index contributed by atoms with van der Waals surface area (Å²) in [6, 6.07) is 12.2. The van der Waals surface area contributed by atoms with Crippen LogP contribution in [0.25, 0.3) is 0 Å². The SMILES string of the molecule is CCC[C@@H](NC(=O)N1CCN(Cc2ccon2)CC1)c1ccccc1. The van der Waals surface area contributed by atoms with Gasteiger partial charge in [0.1, 0.15) is 6.26 Å². The van der Waals surface area contributed by atoms with E-state index in [1.54, 1.807) is 6.26 Å². The zero-order chi connectivity index (χ0) is 17.5. The van der Waals surface area contributed by atoms with Gasteiger partial charge in [0.25, 0.3) is 0 Å². The van der Waals surface area contributed by atoms with Crippen LogP contribution in [0, 0.1) is 0 Å². The molecular formula is C19H26N4O2. The Balaban J connectivity index is 1.51. The molecule has 1 aliphatic heterocycles. The van der Waals surface area contributed by atoms with Gasteiger partial charge in [-0.3, -0.25) is 4.90 Å². The van der Waals surface area contributed by atoms with Crippen molar-refractivity contribution in [1.29, 1.82) is 0 Å². The lowest BCUT2D eigenvalue weighted by Gasteiger charge is -2.35. The number of urea groups is 1. The van der Waals surface area contributed by atoms with Crippen molar-refractivity contribution in [3.8, 4) is 0 Å². The van der Waals surface area contributed by atoms with E-state index in [9.17, 15) is 4.79 Å². The first-order chi connectivity index (χ1) is 12.3. The highest BCUT2D eigenvalue weighted by molar-refractivity contribution is 5.74. The molecule has 6 nitrogen and oxygen atoms in total. The highest BCUT2D eigenvalue weighted by Crippen LogP contribution is 2.19. The molecule has 1 saturated heterocycles. The average Bonchev–Trinajstić information content (AvgIpc) is 3.15. The third-order valence-electron chi connectivity index (χ3n) is 4.61. The normalized spacial score (nSPS) is 16.6. The van der Waals surface area contributed by atoms with E-state index in [0.717, 1.165) is 51.3 Å². The van der Waals surface area contributed by atoms with Crippen molar-refractivity contribution in [2.24, 2.45) is 0 Å². The molecule has 1 aliphatic rings. The lowest BCUT2D eigenvalue weighted by atomic mass is 10.0. The monoisotopic (exact) mass is 342 g/mol. The van der Waals surface area contributed by atoms with Crippen LogP contribution in [0.1, 0.15) is 37.1 Å². The molecule has 2 aromatic rings. The van der Waals surface area contributed by atoms with Crippen molar-refractivity contribution in [2.45, 2.75) is 32.4 Å². The molecule has 6 heteroatoms. The predicted octanol–water partition coefficient (Wildman–Crippen LogP) is 3.04. The van der Waals surface area contributed by atoms with Gasteiger partial charge < -0.3 is 14.7 Å². The van der Waals surface area contributed by atoms with Crippen molar-refractivity contribution in [3.63, 3.8) is 0 Å². The summed E-state index contributed by atoms with van der Waals surface area (Å²) in [6.07, 6.45) is 3.57. The van der Waals surface area contributed by atoms with E-state index in [2.05, 4.69) is 34.4 Å². The fourth-order valence-corrected chi connectivity index (χ4v) is 3.19. The van der Waals surface area contributed by atoms with E-state index in [0.29, 0.717) is 0 Å². The second-order valence-corrected chi connectivity index (χ2v) is 6.46. The molecule has 0 unspecified atom stereocenters. The number of carbonyl (C=O) groups excluding carboxylic acids is 1. The number of amides is 2. The zero-order valence-corrected chi connectivity index (χ0v) is 14.7. The van der Waals surface area contributed by atoms with Gasteiger partial charge in [-0.15, -0.1) is 0 Å². The topological polar surface area (TPSA) is 61.6 Å². The maximum Gasteiger partial charge on any atom is 0.317 e. The summed E-state index contributed by atoms with van der Waals surface area (Å²) in [5, 5.41) is 7.15. The Morgan fingerprint density at radius 1 is 1.20 bits per heavy atom. The van der Waals surface area contributed by atoms with E-state index in [1.165, 1.54) is 5.56 Å². The number of hydrogen-bond donors (Lipinski definition) is 1. The number of carbonyl (C=O) groups is 1. The highest BCUT2D eigenvalue weighted by Gasteiger charge is 2.23. The first kappa shape index (κ1) is 17.5. The van der Waals surface area contributed by atoms with E-state index >= 15 is 0 Å². The number of aromatic nitrogens is 1. The smallest absolute Gasteiger partial charge is 0.317 e. The molecule has 2 heterocycles. The van der Waals surface area contributed by atoms with Gasteiger partial charge in [0.2, 0.25) is 0 Å². The Labute approximate surface area is 148 Å². The molecule has 2 amide bonds. The fourth-order valence-electron chi connectivity index (χ4n) is 3.19. The first-order valence-corrected chi connectivity index (χ1v) is 8.98. The van der Waals surface area contributed by atoms with Crippen molar-refractivity contribution in [2.75, 3.05) is 26.2 Å². The average molecular weight is 342 g/mol. The molecule has 0 radical (unpaired) electrons. The van der Waals surface area contributed by atoms with Crippen LogP contribution >= 0.6 is 0 Å². The molecule has 0 aliphatic carbocycles. The Morgan fingerprint density at radius 2 is 1.96 bits per heavy atom. The van der Waals surface area contributed by atoms with Gasteiger partial charge in [0.05, 0.1) is 11.7 Å². The van der Waals surface area contributed by atoms with Crippen LogP contribution in [0.5, 0.6) is 0 Å². The summed E-state index contributed by atoms with van der Waals surface area (Å²) in [7, 11) is 0. The maximum atomic E-state index is 12.6. The maximum absolute atomic E-state index is 12.6. The van der Waals surface area contributed by atoms with Crippen LogP contribution in [0.4, 0.5) is 4.79 Å². The molecule has 1 N–H and O–H groups in total. The summed E-state index contributed by atoms with van der Waals surface area (Å²) in [5.74, 6) is 0. The number of nitrogens with one attached hydrogen (secondary N) is 1. The molecule has 1 fully saturated rings. The van der Waals surface area contributed by atoms with Crippen molar-refractivity contribution in [3.05, 3.63) is 53.9 Å². The van der Waals surface area contributed by atoms with Crippen molar-refractivity contribution >= 4 is 6.03 Å². The number of hydrogen-bond acceptors (Lipinski definition) is 4. The molecular weight excluding hydrogens is 316 g/mol. The summed E-state index contributed by atoms with van der Waals surface area (Å²) in [5.41, 5.74) is 2.10. The van der Waals surface area contributed by atoms with Gasteiger partial charge in [-0.05, 0) is 12.0 Å². The molecule has 0 bridgehead atoms. The minimum absolute atomic E-state index is 0.0309. The van der Waals surface area contributed by atoms with Crippen molar-refractivity contribution in [1.82, 2.24) is 20.3 Å². The molecule has 1 aromatic carbocycles. The molecule has 0 saturated carbocycles. The first-order valence-electron chi connectivity index (χ1n) is 8.98. The van der Waals surface area contributed by atoms with Crippen molar-refractivity contribution < 1.29 is 9.32 Å². The summed E-state index contributed by atoms with van der Waals surface area (Å²) >= 11 is 0. The van der Waals surface area contributed by atoms with Gasteiger partial charge in [-0.1, -0.05) is 48.8 Å². The minimum Gasteiger partial charge on any atom is -0.364 e. The van der Waals surface area contributed by atoms with Crippen LogP contribution in [0.15, 0.2) is 47.2 Å². The van der Waals surface area contributed by atoms with Crippen LogP contribution in [0.3, 0.4) is 0 Å². The number of nitrogens with zero attached hydrogens (tertiary/aromatic N) is 3. The van der Waals surface area contributed by atoms with E-state index in [-0.39, 0.29) is 12.1 Å². The number of benzene rings is 1. The lowest BCUT2D eigenvalue weighted by molar-refractivity contribution is 0.131. The van der Waals surface area contributed by atoms with Crippen LogP contribution in [-0.4, -0.2) is 47.2 Å². The number of rotatable bonds is 6. The lowest BCUT2D eigenvalue weighted by Crippen LogP contribution is -2.52. The third kappa shape index (κ3) is 4.82. The van der Waals surface area contributed by atoms with Gasteiger partial charge >= 0.3 is 6.03 Å². The standard InChI is InChI=1S/C19H26N4O2/c1-2-6-18(16-7-4-3-5-8-16)20-19(24)23-12-10-22(11-13-23)15-17-9-14-25-21-17/h3-5,7-9,14,18H,2,6,10-13,15H2,1H3,(H,20,24)/t18-/m1/s1. The molecule has 3 rings (SSSR count).